The number of benzene rings is 3. The minimum atomic E-state index is -0.471. The first kappa shape index (κ1) is 22.7. The van der Waals surface area contributed by atoms with Crippen LogP contribution in [-0.4, -0.2) is 11.1 Å². The van der Waals surface area contributed by atoms with Gasteiger partial charge in [0, 0.05) is 5.02 Å². The summed E-state index contributed by atoms with van der Waals surface area (Å²) in [5, 5.41) is 0.414. The molecule has 1 fully saturated rings. The van der Waals surface area contributed by atoms with E-state index in [1.807, 2.05) is 0 Å². The van der Waals surface area contributed by atoms with Crippen LogP contribution in [0.1, 0.15) is 11.1 Å². The summed E-state index contributed by atoms with van der Waals surface area (Å²) in [6.07, 6.45) is 1.53. The Morgan fingerprint density at radius 1 is 0.969 bits per heavy atom. The van der Waals surface area contributed by atoms with Crippen LogP contribution < -0.4 is 9.64 Å². The Kier molecular flexibility index (Phi) is 6.76. The SMILES string of the molecule is O=C1S/C(=C/c2cc(Cl)c(OCc3cccc(F)c3)c(Cl)c2)C(=O)N1c1cccc(Cl)c1. The lowest BCUT2D eigenvalue weighted by Crippen LogP contribution is -2.27. The van der Waals surface area contributed by atoms with E-state index in [1.165, 1.54) is 18.2 Å². The monoisotopic (exact) mass is 507 g/mol. The lowest BCUT2D eigenvalue weighted by molar-refractivity contribution is -0.113. The molecule has 0 spiro atoms. The highest BCUT2D eigenvalue weighted by Crippen LogP contribution is 2.39. The molecule has 1 heterocycles. The number of anilines is 1. The van der Waals surface area contributed by atoms with Gasteiger partial charge < -0.3 is 4.74 Å². The minimum Gasteiger partial charge on any atom is -0.486 e. The molecule has 1 saturated heterocycles. The van der Waals surface area contributed by atoms with Crippen molar-refractivity contribution in [2.45, 2.75) is 6.61 Å². The number of imide groups is 1. The van der Waals surface area contributed by atoms with Crippen LogP contribution in [0.4, 0.5) is 14.9 Å². The van der Waals surface area contributed by atoms with E-state index in [0.29, 0.717) is 21.8 Å². The Labute approximate surface area is 202 Å². The number of rotatable bonds is 5. The fourth-order valence-electron chi connectivity index (χ4n) is 3.04. The van der Waals surface area contributed by atoms with Gasteiger partial charge in [0.15, 0.2) is 5.75 Å². The highest BCUT2D eigenvalue weighted by Gasteiger charge is 2.36. The van der Waals surface area contributed by atoms with Gasteiger partial charge in [-0.05, 0) is 71.4 Å². The zero-order valence-corrected chi connectivity index (χ0v) is 19.2. The van der Waals surface area contributed by atoms with Gasteiger partial charge in [0.05, 0.1) is 20.6 Å². The van der Waals surface area contributed by atoms with Crippen molar-refractivity contribution in [1.82, 2.24) is 0 Å². The molecule has 0 bridgehead atoms. The number of ether oxygens (including phenoxy) is 1. The zero-order chi connectivity index (χ0) is 22.8. The van der Waals surface area contributed by atoms with Gasteiger partial charge in [0.2, 0.25) is 0 Å². The molecule has 1 aliphatic rings. The summed E-state index contributed by atoms with van der Waals surface area (Å²) in [7, 11) is 0. The van der Waals surface area contributed by atoms with Gasteiger partial charge in [-0.2, -0.15) is 0 Å². The molecule has 1 aliphatic heterocycles. The molecular weight excluding hydrogens is 496 g/mol. The second-order valence-electron chi connectivity index (χ2n) is 6.73. The van der Waals surface area contributed by atoms with Gasteiger partial charge in [-0.3, -0.25) is 9.59 Å². The van der Waals surface area contributed by atoms with E-state index in [4.69, 9.17) is 39.5 Å². The van der Waals surface area contributed by atoms with Crippen molar-refractivity contribution < 1.29 is 18.7 Å². The van der Waals surface area contributed by atoms with Crippen LogP contribution >= 0.6 is 46.6 Å². The van der Waals surface area contributed by atoms with Crippen molar-refractivity contribution in [3.8, 4) is 5.75 Å². The molecule has 3 aromatic rings. The van der Waals surface area contributed by atoms with Crippen LogP contribution in [0, 0.1) is 5.82 Å². The third-order valence-corrected chi connectivity index (χ3v) is 6.12. The molecule has 32 heavy (non-hydrogen) atoms. The smallest absolute Gasteiger partial charge is 0.298 e. The molecule has 0 aromatic heterocycles. The number of carbonyl (C=O) groups excluding carboxylic acids is 2. The molecule has 4 rings (SSSR count). The summed E-state index contributed by atoms with van der Waals surface area (Å²) in [6.45, 7) is 0.0784. The standard InChI is InChI=1S/C23H13Cl3FNO3S/c24-15-4-2-6-17(11-15)28-22(29)20(32-23(28)30)10-14-8-18(25)21(19(26)9-14)31-12-13-3-1-5-16(27)7-13/h1-11H,12H2/b20-10+. The summed E-state index contributed by atoms with van der Waals surface area (Å²) in [4.78, 5) is 26.5. The van der Waals surface area contributed by atoms with Crippen molar-refractivity contribution >= 4 is 69.5 Å². The number of carbonyl (C=O) groups is 2. The zero-order valence-electron chi connectivity index (χ0n) is 16.2. The van der Waals surface area contributed by atoms with E-state index < -0.39 is 11.1 Å². The van der Waals surface area contributed by atoms with E-state index in [2.05, 4.69) is 0 Å². The molecule has 0 saturated carbocycles. The fraction of sp³-hybridized carbons (Fsp3) is 0.0435. The largest absolute Gasteiger partial charge is 0.486 e. The Morgan fingerprint density at radius 3 is 2.38 bits per heavy atom. The lowest BCUT2D eigenvalue weighted by atomic mass is 10.2. The molecule has 0 radical (unpaired) electrons. The van der Waals surface area contributed by atoms with Gasteiger partial charge in [-0.25, -0.2) is 9.29 Å². The predicted molar refractivity (Wildman–Crippen MR) is 127 cm³/mol. The van der Waals surface area contributed by atoms with E-state index >= 15 is 0 Å². The van der Waals surface area contributed by atoms with Crippen LogP contribution in [-0.2, 0) is 11.4 Å². The average Bonchev–Trinajstić information content (AvgIpc) is 3.00. The number of amides is 2. The lowest BCUT2D eigenvalue weighted by Gasteiger charge is -2.12. The van der Waals surface area contributed by atoms with E-state index in [9.17, 15) is 14.0 Å². The predicted octanol–water partition coefficient (Wildman–Crippen LogP) is 7.61. The van der Waals surface area contributed by atoms with Crippen LogP contribution in [0.25, 0.3) is 6.08 Å². The average molecular weight is 509 g/mol. The van der Waals surface area contributed by atoms with Crippen LogP contribution in [0.2, 0.25) is 15.1 Å². The normalized spacial score (nSPS) is 15.0. The summed E-state index contributed by atoms with van der Waals surface area (Å²) in [6, 6.07) is 15.6. The van der Waals surface area contributed by atoms with Gasteiger partial charge >= 0.3 is 0 Å². The summed E-state index contributed by atoms with van der Waals surface area (Å²) in [5.41, 5.74) is 1.53. The van der Waals surface area contributed by atoms with Gasteiger partial charge in [-0.15, -0.1) is 0 Å². The van der Waals surface area contributed by atoms with Crippen LogP contribution in [0.3, 0.4) is 0 Å². The molecule has 9 heteroatoms. The highest BCUT2D eigenvalue weighted by molar-refractivity contribution is 8.19. The molecule has 3 aromatic carbocycles. The molecule has 0 unspecified atom stereocenters. The Bertz CT molecular complexity index is 1240. The Hall–Kier alpha value is -2.51. The number of hydrogen-bond donors (Lipinski definition) is 0. The summed E-state index contributed by atoms with van der Waals surface area (Å²) >= 11 is 19.4. The Balaban J connectivity index is 1.55. The van der Waals surface area contributed by atoms with Gasteiger partial charge in [0.1, 0.15) is 12.4 Å². The molecule has 4 nitrogen and oxygen atoms in total. The number of nitrogens with zero attached hydrogens (tertiary/aromatic N) is 1. The minimum absolute atomic E-state index is 0.0784. The maximum atomic E-state index is 13.3. The first-order chi connectivity index (χ1) is 15.3. The van der Waals surface area contributed by atoms with Gasteiger partial charge in [-0.1, -0.05) is 53.0 Å². The second kappa shape index (κ2) is 9.55. The molecule has 2 amide bonds. The van der Waals surface area contributed by atoms with Crippen LogP contribution in [0.5, 0.6) is 5.75 Å². The molecular formula is C23H13Cl3FNO3S. The van der Waals surface area contributed by atoms with Crippen molar-refractivity contribution in [2.24, 2.45) is 0 Å². The third kappa shape index (κ3) is 4.94. The molecule has 0 N–H and O–H groups in total. The second-order valence-corrected chi connectivity index (χ2v) is 8.97. The molecule has 162 valence electrons. The quantitative estimate of drug-likeness (QED) is 0.333. The van der Waals surface area contributed by atoms with E-state index in [-0.39, 0.29) is 33.1 Å². The number of hydrogen-bond acceptors (Lipinski definition) is 4. The maximum absolute atomic E-state index is 13.3. The van der Waals surface area contributed by atoms with Crippen molar-refractivity contribution in [1.29, 1.82) is 0 Å². The third-order valence-electron chi connectivity index (χ3n) is 4.45. The van der Waals surface area contributed by atoms with E-state index in [0.717, 1.165) is 16.7 Å². The van der Waals surface area contributed by atoms with Gasteiger partial charge in [0.25, 0.3) is 11.1 Å². The number of halogens is 4. The van der Waals surface area contributed by atoms with Crippen molar-refractivity contribution in [3.63, 3.8) is 0 Å². The number of thioether (sulfide) groups is 1. The topological polar surface area (TPSA) is 46.6 Å². The molecule has 0 atom stereocenters. The maximum Gasteiger partial charge on any atom is 0.298 e. The summed E-state index contributed by atoms with van der Waals surface area (Å²) in [5.74, 6) is -0.604. The van der Waals surface area contributed by atoms with Crippen LogP contribution in [0.15, 0.2) is 65.6 Å². The first-order valence-electron chi connectivity index (χ1n) is 9.21. The summed E-state index contributed by atoms with van der Waals surface area (Å²) < 4.78 is 19.0. The van der Waals surface area contributed by atoms with E-state index in [1.54, 1.807) is 48.5 Å². The Morgan fingerprint density at radius 2 is 1.69 bits per heavy atom. The highest BCUT2D eigenvalue weighted by atomic mass is 35.5. The molecule has 0 aliphatic carbocycles. The van der Waals surface area contributed by atoms with Crippen molar-refractivity contribution in [3.05, 3.63) is 97.6 Å². The first-order valence-corrected chi connectivity index (χ1v) is 11.2. The fourth-order valence-corrected chi connectivity index (χ4v) is 4.68. The van der Waals surface area contributed by atoms with Crippen molar-refractivity contribution in [2.75, 3.05) is 4.90 Å².